The van der Waals surface area contributed by atoms with E-state index in [0.29, 0.717) is 23.9 Å². The number of rotatable bonds is 8. The first-order valence-electron chi connectivity index (χ1n) is 6.43. The molecule has 0 heterocycles. The van der Waals surface area contributed by atoms with Crippen molar-refractivity contribution in [3.8, 4) is 0 Å². The minimum atomic E-state index is -0.381. The van der Waals surface area contributed by atoms with Crippen LogP contribution >= 0.6 is 0 Å². The predicted molar refractivity (Wildman–Crippen MR) is 76.9 cm³/mol. The molecule has 0 aliphatic rings. The molecule has 2 heteroatoms. The smallest absolute Gasteiger partial charge is 0.133 e. The van der Waals surface area contributed by atoms with Gasteiger partial charge in [-0.05, 0) is 31.3 Å². The largest absolute Gasteiger partial charge is 0.494 e. The highest BCUT2D eigenvalue weighted by molar-refractivity contribution is 5.41. The van der Waals surface area contributed by atoms with Gasteiger partial charge in [0.15, 0.2) is 0 Å². The van der Waals surface area contributed by atoms with E-state index in [9.17, 15) is 4.39 Å². The molecule has 102 valence electrons. The number of ether oxygens (including phenoxy) is 1. The summed E-state index contributed by atoms with van der Waals surface area (Å²) in [7, 11) is 0. The summed E-state index contributed by atoms with van der Waals surface area (Å²) in [5, 5.41) is 0. The van der Waals surface area contributed by atoms with Gasteiger partial charge in [0.05, 0.1) is 6.61 Å². The average Bonchev–Trinajstić information content (AvgIpc) is 2.32. The zero-order chi connectivity index (χ0) is 14.1. The molecule has 0 aliphatic heterocycles. The third-order valence-electron chi connectivity index (χ3n) is 2.44. The van der Waals surface area contributed by atoms with Crippen LogP contribution in [-0.4, -0.2) is 6.61 Å². The molecule has 0 bridgehead atoms. The van der Waals surface area contributed by atoms with Crippen molar-refractivity contribution in [2.75, 3.05) is 6.61 Å². The van der Waals surface area contributed by atoms with E-state index >= 15 is 0 Å². The van der Waals surface area contributed by atoms with Crippen LogP contribution in [0, 0.1) is 5.92 Å². The predicted octanol–water partition coefficient (Wildman–Crippen LogP) is 5.33. The summed E-state index contributed by atoms with van der Waals surface area (Å²) in [6.45, 7) is 16.1. The van der Waals surface area contributed by atoms with E-state index in [2.05, 4.69) is 27.0 Å². The molecular formula is C16H25FO. The maximum absolute atomic E-state index is 13.8. The summed E-state index contributed by atoms with van der Waals surface area (Å²) >= 11 is 0. The molecular weight excluding hydrogens is 227 g/mol. The molecule has 0 aliphatic carbocycles. The monoisotopic (exact) mass is 252 g/mol. The lowest BCUT2D eigenvalue weighted by Gasteiger charge is -2.07. The normalized spacial score (nSPS) is 12.8. The highest BCUT2D eigenvalue weighted by Gasteiger charge is 2.05. The van der Waals surface area contributed by atoms with Crippen LogP contribution in [0.5, 0.6) is 0 Å². The minimum absolute atomic E-state index is 0.340. The third-order valence-corrected chi connectivity index (χ3v) is 2.44. The SMILES string of the molecule is C=C(/C=C(/F)C(=C)/C(C)=C/CC(C)C)OCCC. The molecule has 0 unspecified atom stereocenters. The van der Waals surface area contributed by atoms with Crippen molar-refractivity contribution in [2.45, 2.75) is 40.5 Å². The molecule has 0 aromatic carbocycles. The molecule has 0 saturated carbocycles. The zero-order valence-corrected chi connectivity index (χ0v) is 12.1. The van der Waals surface area contributed by atoms with E-state index < -0.39 is 0 Å². The van der Waals surface area contributed by atoms with Gasteiger partial charge in [-0.1, -0.05) is 40.0 Å². The summed E-state index contributed by atoms with van der Waals surface area (Å²) in [6.07, 6.45) is 5.11. The van der Waals surface area contributed by atoms with Crippen molar-refractivity contribution in [3.05, 3.63) is 48.0 Å². The first-order chi connectivity index (χ1) is 8.38. The van der Waals surface area contributed by atoms with Gasteiger partial charge in [0.1, 0.15) is 11.6 Å². The van der Waals surface area contributed by atoms with Crippen molar-refractivity contribution in [2.24, 2.45) is 5.92 Å². The molecule has 0 aromatic heterocycles. The summed E-state index contributed by atoms with van der Waals surface area (Å²) in [5.41, 5.74) is 1.26. The lowest BCUT2D eigenvalue weighted by Crippen LogP contribution is -1.93. The minimum Gasteiger partial charge on any atom is -0.494 e. The van der Waals surface area contributed by atoms with Crippen LogP contribution in [0.25, 0.3) is 0 Å². The topological polar surface area (TPSA) is 9.23 Å². The summed E-state index contributed by atoms with van der Waals surface area (Å²) in [5.74, 6) is 0.517. The molecule has 0 N–H and O–H groups in total. The first-order valence-corrected chi connectivity index (χ1v) is 6.43. The highest BCUT2D eigenvalue weighted by atomic mass is 19.1. The molecule has 1 nitrogen and oxygen atoms in total. The third kappa shape index (κ3) is 7.10. The molecule has 0 atom stereocenters. The number of hydrogen-bond donors (Lipinski definition) is 0. The van der Waals surface area contributed by atoms with E-state index in [4.69, 9.17) is 4.74 Å². The van der Waals surface area contributed by atoms with E-state index in [0.717, 1.165) is 18.4 Å². The van der Waals surface area contributed by atoms with Crippen LogP contribution in [0.15, 0.2) is 48.0 Å². The quantitative estimate of drug-likeness (QED) is 0.419. The molecule has 0 radical (unpaired) electrons. The Bertz CT molecular complexity index is 348. The molecule has 18 heavy (non-hydrogen) atoms. The molecule has 0 spiro atoms. The molecule has 0 amide bonds. The van der Waals surface area contributed by atoms with Gasteiger partial charge in [0.25, 0.3) is 0 Å². The second-order valence-electron chi connectivity index (χ2n) is 4.80. The van der Waals surface area contributed by atoms with Gasteiger partial charge in [-0.15, -0.1) is 0 Å². The average molecular weight is 252 g/mol. The second kappa shape index (κ2) is 8.73. The van der Waals surface area contributed by atoms with Crippen LogP contribution in [0.4, 0.5) is 4.39 Å². The van der Waals surface area contributed by atoms with Gasteiger partial charge in [-0.2, -0.15) is 0 Å². The number of hydrogen-bond acceptors (Lipinski definition) is 1. The Kier molecular flexibility index (Phi) is 8.10. The van der Waals surface area contributed by atoms with Crippen molar-refractivity contribution in [3.63, 3.8) is 0 Å². The van der Waals surface area contributed by atoms with E-state index in [-0.39, 0.29) is 5.83 Å². The molecule has 0 rings (SSSR count). The maximum atomic E-state index is 13.8. The van der Waals surface area contributed by atoms with Crippen molar-refractivity contribution >= 4 is 0 Å². The summed E-state index contributed by atoms with van der Waals surface area (Å²) < 4.78 is 19.0. The van der Waals surface area contributed by atoms with Gasteiger partial charge >= 0.3 is 0 Å². The Labute approximate surface area is 111 Å². The standard InChI is InChI=1S/C16H25FO/c1-7-10-18-14(5)11-16(17)15(6)13(4)9-8-12(2)3/h9,11-12H,5-8,10H2,1-4H3/b13-9+,16-11+. The van der Waals surface area contributed by atoms with Crippen molar-refractivity contribution < 1.29 is 9.13 Å². The van der Waals surface area contributed by atoms with E-state index in [1.54, 1.807) is 0 Å². The fraction of sp³-hybridized carbons (Fsp3) is 0.500. The summed E-state index contributed by atoms with van der Waals surface area (Å²) in [4.78, 5) is 0. The lowest BCUT2D eigenvalue weighted by atomic mass is 10.0. The Hall–Kier alpha value is -1.31. The van der Waals surface area contributed by atoms with Crippen LogP contribution in [0.1, 0.15) is 40.5 Å². The van der Waals surface area contributed by atoms with Crippen molar-refractivity contribution in [1.82, 2.24) is 0 Å². The lowest BCUT2D eigenvalue weighted by molar-refractivity contribution is 0.225. The molecule has 0 aromatic rings. The van der Waals surface area contributed by atoms with Crippen molar-refractivity contribution in [1.29, 1.82) is 0 Å². The summed E-state index contributed by atoms with van der Waals surface area (Å²) in [6, 6.07) is 0. The van der Waals surface area contributed by atoms with Crippen LogP contribution < -0.4 is 0 Å². The number of halogens is 1. The Morgan fingerprint density at radius 1 is 1.33 bits per heavy atom. The van der Waals surface area contributed by atoms with Crippen LogP contribution in [0.3, 0.4) is 0 Å². The van der Waals surface area contributed by atoms with E-state index in [1.807, 2.05) is 19.9 Å². The Morgan fingerprint density at radius 3 is 2.44 bits per heavy atom. The van der Waals surface area contributed by atoms with Crippen LogP contribution in [-0.2, 0) is 4.74 Å². The van der Waals surface area contributed by atoms with Gasteiger partial charge < -0.3 is 4.74 Å². The fourth-order valence-electron chi connectivity index (χ4n) is 1.23. The van der Waals surface area contributed by atoms with Gasteiger partial charge in [-0.25, -0.2) is 4.39 Å². The Morgan fingerprint density at radius 2 is 1.94 bits per heavy atom. The fourth-order valence-corrected chi connectivity index (χ4v) is 1.23. The van der Waals surface area contributed by atoms with Gasteiger partial charge in [-0.3, -0.25) is 0 Å². The van der Waals surface area contributed by atoms with E-state index in [1.165, 1.54) is 6.08 Å². The Balaban J connectivity index is 4.53. The second-order valence-corrected chi connectivity index (χ2v) is 4.80. The highest BCUT2D eigenvalue weighted by Crippen LogP contribution is 2.21. The molecule has 0 fully saturated rings. The zero-order valence-electron chi connectivity index (χ0n) is 12.1. The van der Waals surface area contributed by atoms with Crippen LogP contribution in [0.2, 0.25) is 0 Å². The van der Waals surface area contributed by atoms with Gasteiger partial charge in [0.2, 0.25) is 0 Å². The molecule has 0 saturated heterocycles. The maximum Gasteiger partial charge on any atom is 0.133 e. The number of allylic oxidation sites excluding steroid dienone is 5. The first kappa shape index (κ1) is 16.7. The van der Waals surface area contributed by atoms with Gasteiger partial charge in [0, 0.05) is 11.6 Å².